The van der Waals surface area contributed by atoms with Gasteiger partial charge in [-0.2, -0.15) is 0 Å². The third-order valence-electron chi connectivity index (χ3n) is 4.85. The van der Waals surface area contributed by atoms with Gasteiger partial charge in [-0.1, -0.05) is 29.3 Å². The van der Waals surface area contributed by atoms with Gasteiger partial charge in [0, 0.05) is 36.9 Å². The van der Waals surface area contributed by atoms with Gasteiger partial charge in [0.05, 0.1) is 10.6 Å². The first-order chi connectivity index (χ1) is 14.5. The molecule has 2 aromatic heterocycles. The van der Waals surface area contributed by atoms with Crippen LogP contribution in [0.4, 0.5) is 17.5 Å². The third kappa shape index (κ3) is 4.63. The van der Waals surface area contributed by atoms with Crippen LogP contribution in [0.5, 0.6) is 0 Å². The Morgan fingerprint density at radius 2 is 1.77 bits per heavy atom. The summed E-state index contributed by atoms with van der Waals surface area (Å²) in [6.07, 6.45) is 0. The van der Waals surface area contributed by atoms with Crippen LogP contribution in [0, 0.1) is 6.92 Å². The lowest BCUT2D eigenvalue weighted by Gasteiger charge is -2.35. The molecule has 0 spiro atoms. The Bertz CT molecular complexity index is 1050. The monoisotopic (exact) mass is 442 g/mol. The van der Waals surface area contributed by atoms with Crippen molar-refractivity contribution in [3.05, 3.63) is 69.8 Å². The molecular formula is C21H20Cl2N6O. The highest BCUT2D eigenvalue weighted by atomic mass is 35.5. The van der Waals surface area contributed by atoms with E-state index < -0.39 is 0 Å². The predicted molar refractivity (Wildman–Crippen MR) is 119 cm³/mol. The summed E-state index contributed by atoms with van der Waals surface area (Å²) >= 11 is 12.1. The highest BCUT2D eigenvalue weighted by molar-refractivity contribution is 6.36. The molecule has 1 aliphatic rings. The average Bonchev–Trinajstić information content (AvgIpc) is 2.74. The van der Waals surface area contributed by atoms with Crippen molar-refractivity contribution in [1.29, 1.82) is 0 Å². The molecule has 0 aliphatic carbocycles. The first-order valence-corrected chi connectivity index (χ1v) is 10.3. The molecule has 4 rings (SSSR count). The Labute approximate surface area is 184 Å². The molecule has 1 N–H and O–H groups in total. The molecule has 1 aromatic carbocycles. The molecule has 154 valence electrons. The largest absolute Gasteiger partial charge is 0.352 e. The number of nitrogens with zero attached hydrogens (tertiary/aromatic N) is 5. The number of carbonyl (C=O) groups excluding carboxylic acids is 1. The third-order valence-corrected chi connectivity index (χ3v) is 5.40. The van der Waals surface area contributed by atoms with Gasteiger partial charge < -0.3 is 15.1 Å². The summed E-state index contributed by atoms with van der Waals surface area (Å²) in [4.78, 5) is 21.0. The van der Waals surface area contributed by atoms with Crippen LogP contribution in [-0.4, -0.2) is 52.2 Å². The van der Waals surface area contributed by atoms with E-state index in [4.69, 9.17) is 23.2 Å². The number of pyridine rings is 1. The van der Waals surface area contributed by atoms with E-state index in [1.165, 1.54) is 0 Å². The summed E-state index contributed by atoms with van der Waals surface area (Å²) in [5.74, 6) is 2.04. The van der Waals surface area contributed by atoms with Crippen molar-refractivity contribution < 1.29 is 4.79 Å². The van der Waals surface area contributed by atoms with Crippen LogP contribution in [0.1, 0.15) is 16.1 Å². The van der Waals surface area contributed by atoms with E-state index in [-0.39, 0.29) is 5.91 Å². The SMILES string of the molecule is Cc1cccc(Nc2ccc(N3CCN(C(=O)c4ccc(Cl)cc4Cl)CC3)nn2)n1. The van der Waals surface area contributed by atoms with E-state index in [9.17, 15) is 4.79 Å². The number of nitrogens with one attached hydrogen (secondary N) is 1. The first-order valence-electron chi connectivity index (χ1n) is 9.53. The van der Waals surface area contributed by atoms with Crippen LogP contribution in [0.2, 0.25) is 10.0 Å². The van der Waals surface area contributed by atoms with Crippen molar-refractivity contribution in [1.82, 2.24) is 20.1 Å². The summed E-state index contributed by atoms with van der Waals surface area (Å²) in [6.45, 7) is 4.42. The fourth-order valence-electron chi connectivity index (χ4n) is 3.28. The normalized spacial score (nSPS) is 14.0. The zero-order valence-electron chi connectivity index (χ0n) is 16.3. The highest BCUT2D eigenvalue weighted by Crippen LogP contribution is 2.23. The van der Waals surface area contributed by atoms with Gasteiger partial charge in [-0.05, 0) is 49.4 Å². The van der Waals surface area contributed by atoms with Crippen LogP contribution >= 0.6 is 23.2 Å². The summed E-state index contributed by atoms with van der Waals surface area (Å²) in [6, 6.07) is 14.5. The van der Waals surface area contributed by atoms with Crippen LogP contribution in [0.3, 0.4) is 0 Å². The molecule has 1 saturated heterocycles. The van der Waals surface area contributed by atoms with E-state index >= 15 is 0 Å². The van der Waals surface area contributed by atoms with Gasteiger partial charge in [-0.25, -0.2) is 4.98 Å². The number of amides is 1. The number of halogens is 2. The number of piperazine rings is 1. The highest BCUT2D eigenvalue weighted by Gasteiger charge is 2.24. The van der Waals surface area contributed by atoms with Crippen molar-refractivity contribution in [2.24, 2.45) is 0 Å². The summed E-state index contributed by atoms with van der Waals surface area (Å²) in [5, 5.41) is 12.6. The number of aryl methyl sites for hydroxylation is 1. The Morgan fingerprint density at radius 1 is 0.967 bits per heavy atom. The minimum atomic E-state index is -0.0902. The standard InChI is InChI=1S/C21H20Cl2N6O/c1-14-3-2-4-18(24-14)25-19-7-8-20(27-26-19)28-9-11-29(12-10-28)21(30)16-6-5-15(22)13-17(16)23/h2-8,13H,9-12H2,1H3,(H,24,25,26). The van der Waals surface area contributed by atoms with E-state index in [1.807, 2.05) is 37.3 Å². The Balaban J connectivity index is 1.36. The summed E-state index contributed by atoms with van der Waals surface area (Å²) < 4.78 is 0. The molecule has 3 heterocycles. The quantitative estimate of drug-likeness (QED) is 0.652. The topological polar surface area (TPSA) is 74.2 Å². The molecule has 9 heteroatoms. The number of hydrogen-bond acceptors (Lipinski definition) is 6. The molecular weight excluding hydrogens is 423 g/mol. The Morgan fingerprint density at radius 3 is 2.43 bits per heavy atom. The van der Waals surface area contributed by atoms with E-state index in [0.29, 0.717) is 47.6 Å². The lowest BCUT2D eigenvalue weighted by atomic mass is 10.2. The number of benzene rings is 1. The van der Waals surface area contributed by atoms with Crippen LogP contribution < -0.4 is 10.2 Å². The fraction of sp³-hybridized carbons (Fsp3) is 0.238. The smallest absolute Gasteiger partial charge is 0.255 e. The molecule has 0 atom stereocenters. The van der Waals surface area contributed by atoms with Crippen molar-refractivity contribution in [3.8, 4) is 0 Å². The lowest BCUT2D eigenvalue weighted by molar-refractivity contribution is 0.0746. The van der Waals surface area contributed by atoms with E-state index in [1.54, 1.807) is 23.1 Å². The molecule has 30 heavy (non-hydrogen) atoms. The van der Waals surface area contributed by atoms with Gasteiger partial charge in [0.1, 0.15) is 5.82 Å². The van der Waals surface area contributed by atoms with Gasteiger partial charge in [0.15, 0.2) is 11.6 Å². The van der Waals surface area contributed by atoms with E-state index in [0.717, 1.165) is 17.3 Å². The maximum atomic E-state index is 12.8. The Kier molecular flexibility index (Phi) is 6.01. The molecule has 1 amide bonds. The Hall–Kier alpha value is -2.90. The number of rotatable bonds is 4. The molecule has 0 saturated carbocycles. The maximum Gasteiger partial charge on any atom is 0.255 e. The number of anilines is 3. The molecule has 0 bridgehead atoms. The number of aromatic nitrogens is 3. The second-order valence-electron chi connectivity index (χ2n) is 6.97. The van der Waals surface area contributed by atoms with Crippen LogP contribution in [-0.2, 0) is 0 Å². The van der Waals surface area contributed by atoms with Gasteiger partial charge in [-0.15, -0.1) is 10.2 Å². The van der Waals surface area contributed by atoms with Crippen LogP contribution in [0.15, 0.2) is 48.5 Å². The average molecular weight is 443 g/mol. The van der Waals surface area contributed by atoms with Crippen molar-refractivity contribution in [2.75, 3.05) is 36.4 Å². The van der Waals surface area contributed by atoms with Gasteiger partial charge >= 0.3 is 0 Å². The minimum Gasteiger partial charge on any atom is -0.352 e. The van der Waals surface area contributed by atoms with Gasteiger partial charge in [0.2, 0.25) is 0 Å². The second kappa shape index (κ2) is 8.85. The zero-order chi connectivity index (χ0) is 21.1. The van der Waals surface area contributed by atoms with Crippen molar-refractivity contribution in [3.63, 3.8) is 0 Å². The zero-order valence-corrected chi connectivity index (χ0v) is 17.9. The minimum absolute atomic E-state index is 0.0902. The maximum absolute atomic E-state index is 12.8. The van der Waals surface area contributed by atoms with Crippen molar-refractivity contribution in [2.45, 2.75) is 6.92 Å². The number of carbonyl (C=O) groups is 1. The molecule has 1 aliphatic heterocycles. The number of hydrogen-bond donors (Lipinski definition) is 1. The van der Waals surface area contributed by atoms with Crippen LogP contribution in [0.25, 0.3) is 0 Å². The first kappa shape index (κ1) is 20.4. The second-order valence-corrected chi connectivity index (χ2v) is 7.81. The summed E-state index contributed by atoms with van der Waals surface area (Å²) in [7, 11) is 0. The van der Waals surface area contributed by atoms with E-state index in [2.05, 4.69) is 25.4 Å². The molecule has 1 fully saturated rings. The fourth-order valence-corrected chi connectivity index (χ4v) is 3.77. The molecule has 0 radical (unpaired) electrons. The van der Waals surface area contributed by atoms with Gasteiger partial charge in [-0.3, -0.25) is 4.79 Å². The molecule has 7 nitrogen and oxygen atoms in total. The lowest BCUT2D eigenvalue weighted by Crippen LogP contribution is -2.49. The van der Waals surface area contributed by atoms with Crippen molar-refractivity contribution >= 4 is 46.6 Å². The summed E-state index contributed by atoms with van der Waals surface area (Å²) in [5.41, 5.74) is 1.39. The predicted octanol–water partition coefficient (Wildman–Crippen LogP) is 4.19. The molecule has 3 aromatic rings. The van der Waals surface area contributed by atoms with Gasteiger partial charge in [0.25, 0.3) is 5.91 Å². The molecule has 0 unspecified atom stereocenters.